The summed E-state index contributed by atoms with van der Waals surface area (Å²) < 4.78 is 34.1. The molecule has 1 fully saturated rings. The van der Waals surface area contributed by atoms with Crippen molar-refractivity contribution in [3.63, 3.8) is 0 Å². The summed E-state index contributed by atoms with van der Waals surface area (Å²) in [5, 5.41) is 0.631. The summed E-state index contributed by atoms with van der Waals surface area (Å²) in [7, 11) is -1.96. The smallest absolute Gasteiger partial charge is 0.243 e. The zero-order chi connectivity index (χ0) is 26.0. The molecule has 9 heteroatoms. The van der Waals surface area contributed by atoms with Gasteiger partial charge in [-0.1, -0.05) is 59.4 Å². The number of anilines is 1. The lowest BCUT2D eigenvalue weighted by Crippen LogP contribution is -2.44. The third-order valence-electron chi connectivity index (χ3n) is 6.73. The van der Waals surface area contributed by atoms with Gasteiger partial charge in [-0.2, -0.15) is 4.31 Å². The first-order valence-corrected chi connectivity index (χ1v) is 14.5. The Kier molecular flexibility index (Phi) is 7.28. The zero-order valence-electron chi connectivity index (χ0n) is 20.8. The molecule has 1 aliphatic heterocycles. The summed E-state index contributed by atoms with van der Waals surface area (Å²) >= 11 is 1.46. The van der Waals surface area contributed by atoms with Crippen LogP contribution in [0.4, 0.5) is 5.13 Å². The van der Waals surface area contributed by atoms with Crippen LogP contribution in [0.25, 0.3) is 10.2 Å². The minimum atomic E-state index is -3.59. The van der Waals surface area contributed by atoms with E-state index >= 15 is 0 Å². The van der Waals surface area contributed by atoms with Crippen LogP contribution in [0.15, 0.2) is 77.7 Å². The Morgan fingerprint density at radius 3 is 2.43 bits per heavy atom. The van der Waals surface area contributed by atoms with E-state index in [1.807, 2.05) is 55.5 Å². The average molecular weight is 536 g/mol. The van der Waals surface area contributed by atoms with E-state index in [-0.39, 0.29) is 11.8 Å². The topological polar surface area (TPSA) is 79.8 Å². The van der Waals surface area contributed by atoms with E-state index in [1.165, 1.54) is 15.6 Å². The fraction of sp³-hybridized carbons (Fsp3) is 0.286. The second-order valence-electron chi connectivity index (χ2n) is 9.23. The molecule has 7 nitrogen and oxygen atoms in total. The van der Waals surface area contributed by atoms with Gasteiger partial charge in [0.25, 0.3) is 0 Å². The second kappa shape index (κ2) is 10.6. The molecule has 0 N–H and O–H groups in total. The molecule has 0 radical (unpaired) electrons. The first-order valence-electron chi connectivity index (χ1n) is 12.2. The number of piperidine rings is 1. The fourth-order valence-electron chi connectivity index (χ4n) is 4.56. The van der Waals surface area contributed by atoms with E-state index in [4.69, 9.17) is 9.72 Å². The Labute approximate surface area is 221 Å². The van der Waals surface area contributed by atoms with E-state index in [0.29, 0.717) is 42.5 Å². The third kappa shape index (κ3) is 5.39. The Hall–Kier alpha value is -3.27. The van der Waals surface area contributed by atoms with Crippen LogP contribution in [0.1, 0.15) is 24.0 Å². The van der Waals surface area contributed by atoms with E-state index in [9.17, 15) is 13.2 Å². The number of benzene rings is 3. The molecule has 4 aromatic rings. The number of methoxy groups -OCH3 is 1. The second-order valence-corrected chi connectivity index (χ2v) is 12.2. The Balaban J connectivity index is 1.37. The van der Waals surface area contributed by atoms with Crippen molar-refractivity contribution < 1.29 is 17.9 Å². The zero-order valence-corrected chi connectivity index (χ0v) is 22.5. The maximum absolute atomic E-state index is 13.9. The number of thiazole rings is 1. The first kappa shape index (κ1) is 25.4. The van der Waals surface area contributed by atoms with Gasteiger partial charge in [0, 0.05) is 19.0 Å². The van der Waals surface area contributed by atoms with Gasteiger partial charge in [-0.05, 0) is 55.7 Å². The monoisotopic (exact) mass is 535 g/mol. The lowest BCUT2D eigenvalue weighted by molar-refractivity contribution is -0.123. The summed E-state index contributed by atoms with van der Waals surface area (Å²) in [6.07, 6.45) is 0.932. The standard InChI is InChI=1S/C28H29N3O4S2/c1-20-8-11-24(12-9-20)37(33,34)30-16-14-22(15-17-30)27(32)31(19-21-6-4-3-5-7-21)28-29-25-13-10-23(35-2)18-26(25)36-28/h3-13,18,22H,14-17,19H2,1-2H3. The summed E-state index contributed by atoms with van der Waals surface area (Å²) in [6, 6.07) is 22.4. The maximum Gasteiger partial charge on any atom is 0.243 e. The van der Waals surface area contributed by atoms with E-state index in [1.54, 1.807) is 36.3 Å². The maximum atomic E-state index is 13.9. The normalized spacial score (nSPS) is 15.1. The molecule has 1 aliphatic rings. The van der Waals surface area contributed by atoms with Gasteiger partial charge in [0.2, 0.25) is 15.9 Å². The van der Waals surface area contributed by atoms with Crippen LogP contribution in [0.5, 0.6) is 5.75 Å². The predicted octanol–water partition coefficient (Wildman–Crippen LogP) is 5.25. The number of amides is 1. The largest absolute Gasteiger partial charge is 0.497 e. The van der Waals surface area contributed by atoms with Crippen molar-refractivity contribution in [1.82, 2.24) is 9.29 Å². The van der Waals surface area contributed by atoms with Crippen LogP contribution in [0.2, 0.25) is 0 Å². The molecule has 192 valence electrons. The van der Waals surface area contributed by atoms with Crippen molar-refractivity contribution in [2.75, 3.05) is 25.1 Å². The van der Waals surface area contributed by atoms with Crippen molar-refractivity contribution in [3.8, 4) is 5.75 Å². The molecule has 37 heavy (non-hydrogen) atoms. The highest BCUT2D eigenvalue weighted by Crippen LogP contribution is 2.34. The highest BCUT2D eigenvalue weighted by molar-refractivity contribution is 7.89. The van der Waals surface area contributed by atoms with Crippen LogP contribution >= 0.6 is 11.3 Å². The number of sulfonamides is 1. The molecule has 2 heterocycles. The SMILES string of the molecule is COc1ccc2nc(N(Cc3ccccc3)C(=O)C3CCN(S(=O)(=O)c4ccc(C)cc4)CC3)sc2c1. The number of carbonyl (C=O) groups is 1. The van der Waals surface area contributed by atoms with Gasteiger partial charge in [-0.25, -0.2) is 13.4 Å². The minimum Gasteiger partial charge on any atom is -0.497 e. The number of aryl methyl sites for hydroxylation is 1. The molecule has 0 aliphatic carbocycles. The Morgan fingerprint density at radius 1 is 1.05 bits per heavy atom. The summed E-state index contributed by atoms with van der Waals surface area (Å²) in [6.45, 7) is 2.95. The summed E-state index contributed by atoms with van der Waals surface area (Å²) in [5.74, 6) is 0.433. The number of nitrogens with zero attached hydrogens (tertiary/aromatic N) is 3. The van der Waals surface area contributed by atoms with Gasteiger partial charge in [0.15, 0.2) is 5.13 Å². The summed E-state index contributed by atoms with van der Waals surface area (Å²) in [4.78, 5) is 20.7. The predicted molar refractivity (Wildman–Crippen MR) is 146 cm³/mol. The number of hydrogen-bond acceptors (Lipinski definition) is 6. The number of ether oxygens (including phenoxy) is 1. The van der Waals surface area contributed by atoms with Crippen LogP contribution < -0.4 is 9.64 Å². The lowest BCUT2D eigenvalue weighted by Gasteiger charge is -2.33. The number of fused-ring (bicyclic) bond motifs is 1. The number of hydrogen-bond donors (Lipinski definition) is 0. The highest BCUT2D eigenvalue weighted by Gasteiger charge is 2.35. The van der Waals surface area contributed by atoms with Crippen molar-refractivity contribution in [3.05, 3.63) is 83.9 Å². The lowest BCUT2D eigenvalue weighted by atomic mass is 9.96. The van der Waals surface area contributed by atoms with Crippen LogP contribution in [-0.4, -0.2) is 43.8 Å². The molecule has 1 aromatic heterocycles. The van der Waals surface area contributed by atoms with E-state index < -0.39 is 10.0 Å². The van der Waals surface area contributed by atoms with Gasteiger partial charge in [-0.15, -0.1) is 0 Å². The van der Waals surface area contributed by atoms with Crippen LogP contribution in [0.3, 0.4) is 0 Å². The molecular formula is C28H29N3O4S2. The van der Waals surface area contributed by atoms with Crippen molar-refractivity contribution in [2.24, 2.45) is 5.92 Å². The van der Waals surface area contributed by atoms with Crippen LogP contribution in [-0.2, 0) is 21.4 Å². The van der Waals surface area contributed by atoms with Crippen molar-refractivity contribution >= 4 is 42.6 Å². The summed E-state index contributed by atoms with van der Waals surface area (Å²) in [5.41, 5.74) is 2.83. The van der Waals surface area contributed by atoms with E-state index in [2.05, 4.69) is 0 Å². The van der Waals surface area contributed by atoms with Gasteiger partial charge in [0.05, 0.1) is 28.8 Å². The third-order valence-corrected chi connectivity index (χ3v) is 9.68. The first-order chi connectivity index (χ1) is 17.8. The molecule has 0 saturated carbocycles. The molecular weight excluding hydrogens is 506 g/mol. The Morgan fingerprint density at radius 2 is 1.76 bits per heavy atom. The minimum absolute atomic E-state index is 0.0257. The molecule has 3 aromatic carbocycles. The molecule has 0 atom stereocenters. The van der Waals surface area contributed by atoms with Gasteiger partial charge < -0.3 is 4.74 Å². The molecule has 0 spiro atoms. The molecule has 5 rings (SSSR count). The number of rotatable bonds is 7. The highest BCUT2D eigenvalue weighted by atomic mass is 32.2. The van der Waals surface area contributed by atoms with Crippen LogP contribution in [0, 0.1) is 12.8 Å². The number of carbonyl (C=O) groups excluding carboxylic acids is 1. The van der Waals surface area contributed by atoms with Gasteiger partial charge in [-0.3, -0.25) is 9.69 Å². The Bertz CT molecular complexity index is 1490. The van der Waals surface area contributed by atoms with E-state index in [0.717, 1.165) is 27.1 Å². The fourth-order valence-corrected chi connectivity index (χ4v) is 7.03. The van der Waals surface area contributed by atoms with Crippen molar-refractivity contribution in [1.29, 1.82) is 0 Å². The number of aromatic nitrogens is 1. The van der Waals surface area contributed by atoms with Gasteiger partial charge in [0.1, 0.15) is 5.75 Å². The molecule has 1 amide bonds. The quantitative estimate of drug-likeness (QED) is 0.323. The molecule has 0 unspecified atom stereocenters. The molecule has 1 saturated heterocycles. The van der Waals surface area contributed by atoms with Gasteiger partial charge >= 0.3 is 0 Å². The molecule has 0 bridgehead atoms. The average Bonchev–Trinajstić information content (AvgIpc) is 3.35. The van der Waals surface area contributed by atoms with Crippen molar-refractivity contribution in [2.45, 2.75) is 31.2 Å².